The molecule has 6 heteroatoms. The van der Waals surface area contributed by atoms with Crippen LogP contribution in [0.25, 0.3) is 0 Å². The molecule has 1 rings (SSSR count). The van der Waals surface area contributed by atoms with Crippen molar-refractivity contribution in [2.24, 2.45) is 0 Å². The molecule has 0 aromatic rings. The van der Waals surface area contributed by atoms with Crippen molar-refractivity contribution in [2.75, 3.05) is 24.6 Å². The van der Waals surface area contributed by atoms with E-state index in [-0.39, 0.29) is 18.5 Å². The van der Waals surface area contributed by atoms with Gasteiger partial charge in [-0.2, -0.15) is 11.8 Å². The zero-order valence-corrected chi connectivity index (χ0v) is 10.3. The number of urea groups is 1. The number of carbonyl (C=O) groups excluding carboxylic acids is 1. The Bertz CT molecular complexity index is 327. The molecule has 0 aromatic carbocycles. The maximum absolute atomic E-state index is 11.8. The summed E-state index contributed by atoms with van der Waals surface area (Å²) in [5, 5.41) is 11.5. The van der Waals surface area contributed by atoms with Crippen LogP contribution in [0.1, 0.15) is 12.8 Å². The number of aliphatic carboxylic acids is 1. The highest BCUT2D eigenvalue weighted by molar-refractivity contribution is 7.99. The minimum absolute atomic E-state index is 0.00441. The molecule has 0 spiro atoms. The summed E-state index contributed by atoms with van der Waals surface area (Å²) in [7, 11) is 0. The van der Waals surface area contributed by atoms with Crippen LogP contribution in [0.2, 0.25) is 0 Å². The van der Waals surface area contributed by atoms with Crippen LogP contribution in [0.15, 0.2) is 0 Å². The third kappa shape index (κ3) is 4.57. The number of rotatable bonds is 4. The zero-order chi connectivity index (χ0) is 12.7. The largest absolute Gasteiger partial charge is 0.481 e. The molecule has 1 saturated heterocycles. The summed E-state index contributed by atoms with van der Waals surface area (Å²) < 4.78 is 0. The van der Waals surface area contributed by atoms with Crippen LogP contribution in [0.3, 0.4) is 0 Å². The first-order valence-electron chi connectivity index (χ1n) is 5.42. The summed E-state index contributed by atoms with van der Waals surface area (Å²) in [6.45, 7) is 1.02. The average molecular weight is 256 g/mol. The fourth-order valence-electron chi connectivity index (χ4n) is 1.64. The van der Waals surface area contributed by atoms with Gasteiger partial charge in [0.25, 0.3) is 0 Å². The van der Waals surface area contributed by atoms with Gasteiger partial charge in [0.05, 0.1) is 12.5 Å². The molecule has 1 aliphatic heterocycles. The molecule has 1 fully saturated rings. The van der Waals surface area contributed by atoms with E-state index in [1.807, 2.05) is 0 Å². The van der Waals surface area contributed by atoms with Crippen LogP contribution < -0.4 is 5.32 Å². The zero-order valence-electron chi connectivity index (χ0n) is 9.52. The fourth-order valence-corrected chi connectivity index (χ4v) is 2.70. The SMILES string of the molecule is C#CCCNC(=O)N1CCSCC1CC(=O)O. The second-order valence-corrected chi connectivity index (χ2v) is 4.86. The number of carbonyl (C=O) groups is 2. The van der Waals surface area contributed by atoms with Crippen molar-refractivity contribution in [1.29, 1.82) is 0 Å². The molecule has 2 amide bonds. The molecule has 0 radical (unpaired) electrons. The Morgan fingerprint density at radius 1 is 1.59 bits per heavy atom. The Morgan fingerprint density at radius 2 is 2.35 bits per heavy atom. The highest BCUT2D eigenvalue weighted by Gasteiger charge is 2.28. The van der Waals surface area contributed by atoms with Crippen molar-refractivity contribution in [3.63, 3.8) is 0 Å². The quantitative estimate of drug-likeness (QED) is 0.571. The van der Waals surface area contributed by atoms with Gasteiger partial charge in [0.15, 0.2) is 0 Å². The van der Waals surface area contributed by atoms with Crippen molar-refractivity contribution in [3.8, 4) is 12.3 Å². The van der Waals surface area contributed by atoms with Gasteiger partial charge in [-0.3, -0.25) is 4.79 Å². The lowest BCUT2D eigenvalue weighted by Gasteiger charge is -2.34. The third-order valence-corrected chi connectivity index (χ3v) is 3.54. The summed E-state index contributed by atoms with van der Waals surface area (Å²) in [4.78, 5) is 24.1. The van der Waals surface area contributed by atoms with Crippen molar-refractivity contribution >= 4 is 23.8 Å². The van der Waals surface area contributed by atoms with E-state index in [2.05, 4.69) is 11.2 Å². The van der Waals surface area contributed by atoms with Crippen LogP contribution >= 0.6 is 11.8 Å². The highest BCUT2D eigenvalue weighted by Crippen LogP contribution is 2.18. The summed E-state index contributed by atoms with van der Waals surface area (Å²) in [5.41, 5.74) is 0. The number of hydrogen-bond donors (Lipinski definition) is 2. The lowest BCUT2D eigenvalue weighted by atomic mass is 10.2. The van der Waals surface area contributed by atoms with Gasteiger partial charge in [-0.15, -0.1) is 12.3 Å². The molecule has 0 aliphatic carbocycles. The van der Waals surface area contributed by atoms with Gasteiger partial charge in [0, 0.05) is 31.0 Å². The van der Waals surface area contributed by atoms with Gasteiger partial charge in [0.1, 0.15) is 0 Å². The first-order valence-corrected chi connectivity index (χ1v) is 6.58. The molecule has 0 saturated carbocycles. The molecule has 17 heavy (non-hydrogen) atoms. The number of carboxylic acid groups (broad SMARTS) is 1. The van der Waals surface area contributed by atoms with Crippen molar-refractivity contribution < 1.29 is 14.7 Å². The van der Waals surface area contributed by atoms with Crippen LogP contribution in [0, 0.1) is 12.3 Å². The van der Waals surface area contributed by atoms with Gasteiger partial charge >= 0.3 is 12.0 Å². The fraction of sp³-hybridized carbons (Fsp3) is 0.636. The number of thioether (sulfide) groups is 1. The molecule has 94 valence electrons. The minimum atomic E-state index is -0.876. The lowest BCUT2D eigenvalue weighted by Crippen LogP contribution is -2.51. The summed E-state index contributed by atoms with van der Waals surface area (Å²) in [5.74, 6) is 3.08. The minimum Gasteiger partial charge on any atom is -0.481 e. The third-order valence-electron chi connectivity index (χ3n) is 2.44. The van der Waals surface area contributed by atoms with E-state index in [1.165, 1.54) is 0 Å². The van der Waals surface area contributed by atoms with Gasteiger partial charge < -0.3 is 15.3 Å². The van der Waals surface area contributed by atoms with Crippen LogP contribution in [0.4, 0.5) is 4.79 Å². The Hall–Kier alpha value is -1.35. The molecule has 2 N–H and O–H groups in total. The molecule has 1 atom stereocenters. The Balaban J connectivity index is 2.49. The van der Waals surface area contributed by atoms with Crippen molar-refractivity contribution in [3.05, 3.63) is 0 Å². The topological polar surface area (TPSA) is 69.6 Å². The van der Waals surface area contributed by atoms with Crippen LogP contribution in [-0.4, -0.2) is 52.6 Å². The van der Waals surface area contributed by atoms with E-state index in [4.69, 9.17) is 11.5 Å². The molecule has 1 unspecified atom stereocenters. The van der Waals surface area contributed by atoms with Gasteiger partial charge in [-0.25, -0.2) is 4.79 Å². The first-order chi connectivity index (χ1) is 8.15. The first kappa shape index (κ1) is 13.7. The van der Waals surface area contributed by atoms with E-state index < -0.39 is 5.97 Å². The van der Waals surface area contributed by atoms with Crippen molar-refractivity contribution in [2.45, 2.75) is 18.9 Å². The maximum atomic E-state index is 11.8. The predicted molar refractivity (Wildman–Crippen MR) is 66.9 cm³/mol. The summed E-state index contributed by atoms with van der Waals surface area (Å²) in [6.07, 6.45) is 5.57. The van der Waals surface area contributed by atoms with Crippen molar-refractivity contribution in [1.82, 2.24) is 10.2 Å². The lowest BCUT2D eigenvalue weighted by molar-refractivity contribution is -0.137. The van der Waals surface area contributed by atoms with E-state index in [1.54, 1.807) is 16.7 Å². The predicted octanol–water partition coefficient (Wildman–Crippen LogP) is 0.611. The number of carboxylic acids is 1. The second-order valence-electron chi connectivity index (χ2n) is 3.71. The highest BCUT2D eigenvalue weighted by atomic mass is 32.2. The monoisotopic (exact) mass is 256 g/mol. The van der Waals surface area contributed by atoms with E-state index >= 15 is 0 Å². The smallest absolute Gasteiger partial charge is 0.317 e. The van der Waals surface area contributed by atoms with E-state index in [0.717, 1.165) is 5.75 Å². The normalized spacial score (nSPS) is 19.5. The molecule has 0 aromatic heterocycles. The van der Waals surface area contributed by atoms with Crippen LogP contribution in [0.5, 0.6) is 0 Å². The van der Waals surface area contributed by atoms with Gasteiger partial charge in [-0.1, -0.05) is 0 Å². The second kappa shape index (κ2) is 7.07. The van der Waals surface area contributed by atoms with Gasteiger partial charge in [-0.05, 0) is 0 Å². The Kier molecular flexibility index (Phi) is 5.70. The Labute approximate surface area is 105 Å². The summed E-state index contributed by atoms with van der Waals surface area (Å²) >= 11 is 1.68. The molecule has 1 heterocycles. The number of hydrogen-bond acceptors (Lipinski definition) is 3. The van der Waals surface area contributed by atoms with Crippen LogP contribution in [-0.2, 0) is 4.79 Å². The van der Waals surface area contributed by atoms with E-state index in [0.29, 0.717) is 25.3 Å². The number of nitrogens with one attached hydrogen (secondary N) is 1. The molecular weight excluding hydrogens is 240 g/mol. The molecule has 1 aliphatic rings. The van der Waals surface area contributed by atoms with E-state index in [9.17, 15) is 9.59 Å². The standard InChI is InChI=1S/C11H16N2O3S/c1-2-3-4-12-11(16)13-5-6-17-8-9(13)7-10(14)15/h1,9H,3-8H2,(H,12,16)(H,14,15). The average Bonchev–Trinajstić information content (AvgIpc) is 2.29. The number of nitrogens with zero attached hydrogens (tertiary/aromatic N) is 1. The van der Waals surface area contributed by atoms with Gasteiger partial charge in [0.2, 0.25) is 0 Å². The maximum Gasteiger partial charge on any atom is 0.317 e. The molecule has 5 nitrogen and oxygen atoms in total. The number of amides is 2. The molecular formula is C11H16N2O3S. The molecule has 0 bridgehead atoms. The summed E-state index contributed by atoms with van der Waals surface area (Å²) in [6, 6.07) is -0.441. The Morgan fingerprint density at radius 3 is 3.00 bits per heavy atom. The number of terminal acetylenes is 1.